The molecule has 3 aromatic rings. The fraction of sp³-hybridized carbons (Fsp3) is 0.400. The van der Waals surface area contributed by atoms with Crippen molar-refractivity contribution >= 4 is 28.4 Å². The highest BCUT2D eigenvalue weighted by Gasteiger charge is 2.33. The van der Waals surface area contributed by atoms with Gasteiger partial charge in [-0.1, -0.05) is 23.7 Å². The second-order valence-electron chi connectivity index (χ2n) is 9.07. The fourth-order valence-electron chi connectivity index (χ4n) is 3.75. The number of fused-ring (bicyclic) bond motifs is 1. The van der Waals surface area contributed by atoms with Crippen molar-refractivity contribution < 1.29 is 28.5 Å². The van der Waals surface area contributed by atoms with Crippen LogP contribution in [0.15, 0.2) is 41.2 Å². The van der Waals surface area contributed by atoms with Crippen LogP contribution in [-0.2, 0) is 16.0 Å². The maximum atomic E-state index is 14.6. The number of benzene rings is 2. The van der Waals surface area contributed by atoms with Crippen molar-refractivity contribution in [1.82, 2.24) is 15.3 Å². The summed E-state index contributed by atoms with van der Waals surface area (Å²) in [5, 5.41) is 13.1. The molecule has 2 atom stereocenters. The van der Waals surface area contributed by atoms with Crippen LogP contribution in [-0.4, -0.2) is 58.6 Å². The number of carbonyl (C=O) groups excluding carboxylic acids is 1. The first kappa shape index (κ1) is 26.0. The number of hydrogen-bond donors (Lipinski definition) is 3. The first-order valence-corrected chi connectivity index (χ1v) is 11.8. The van der Waals surface area contributed by atoms with Crippen molar-refractivity contribution in [3.8, 4) is 5.75 Å². The van der Waals surface area contributed by atoms with E-state index in [1.54, 1.807) is 38.1 Å². The third-order valence-corrected chi connectivity index (χ3v) is 6.01. The van der Waals surface area contributed by atoms with E-state index in [9.17, 15) is 19.1 Å². The van der Waals surface area contributed by atoms with Crippen LogP contribution < -0.4 is 15.6 Å². The Labute approximate surface area is 211 Å². The highest BCUT2D eigenvalue weighted by atomic mass is 35.5. The molecule has 1 aromatic heterocycles. The normalized spacial score (nSPS) is 18.2. The number of H-pyrrole nitrogens is 1. The SMILES string of the molecule is CC(C)(O)C1COC(CCOc2c(F)ccc3nc(C(=O)NCc4cccc(Cl)c4)[nH]c(=O)c23)CO1. The van der Waals surface area contributed by atoms with Crippen LogP contribution in [0.25, 0.3) is 10.9 Å². The molecule has 3 N–H and O–H groups in total. The minimum atomic E-state index is -1.02. The van der Waals surface area contributed by atoms with Gasteiger partial charge in [0, 0.05) is 18.0 Å². The van der Waals surface area contributed by atoms with Gasteiger partial charge in [-0.05, 0) is 43.7 Å². The van der Waals surface area contributed by atoms with E-state index in [1.807, 2.05) is 0 Å². The molecule has 1 aliphatic rings. The number of aromatic nitrogens is 2. The van der Waals surface area contributed by atoms with E-state index in [-0.39, 0.29) is 54.9 Å². The minimum Gasteiger partial charge on any atom is -0.489 e. The molecule has 0 radical (unpaired) electrons. The summed E-state index contributed by atoms with van der Waals surface area (Å²) in [5.74, 6) is -1.78. The standard InChI is InChI=1S/C25H27ClFN3O6/c1-25(2,33)19-13-35-16(12-36-19)8-9-34-21-17(27)6-7-18-20(21)23(31)30-22(29-18)24(32)28-11-14-4-3-5-15(26)10-14/h3-7,10,16,19,33H,8-9,11-13H2,1-2H3,(H,28,32)(H,29,30,31). The largest absolute Gasteiger partial charge is 0.489 e. The van der Waals surface area contributed by atoms with Crippen LogP contribution in [0.5, 0.6) is 5.75 Å². The highest BCUT2D eigenvalue weighted by Crippen LogP contribution is 2.26. The molecule has 1 aliphatic heterocycles. The average molecular weight is 520 g/mol. The molecular formula is C25H27ClFN3O6. The summed E-state index contributed by atoms with van der Waals surface area (Å²) in [6.07, 6.45) is -0.358. The van der Waals surface area contributed by atoms with Crippen molar-refractivity contribution in [2.24, 2.45) is 0 Å². The fourth-order valence-corrected chi connectivity index (χ4v) is 3.96. The lowest BCUT2D eigenvalue weighted by Crippen LogP contribution is -2.48. The smallest absolute Gasteiger partial charge is 0.287 e. The molecule has 0 aliphatic carbocycles. The number of nitrogens with zero attached hydrogens (tertiary/aromatic N) is 1. The Bertz CT molecular complexity index is 1300. The number of carbonyl (C=O) groups is 1. The predicted octanol–water partition coefficient (Wildman–Crippen LogP) is 2.97. The van der Waals surface area contributed by atoms with Gasteiger partial charge in [-0.3, -0.25) is 9.59 Å². The predicted molar refractivity (Wildman–Crippen MR) is 131 cm³/mol. The highest BCUT2D eigenvalue weighted by molar-refractivity contribution is 6.30. The molecule has 9 nitrogen and oxygen atoms in total. The number of aromatic amines is 1. The van der Waals surface area contributed by atoms with Crippen LogP contribution in [0.4, 0.5) is 4.39 Å². The summed E-state index contributed by atoms with van der Waals surface area (Å²) >= 11 is 5.96. The summed E-state index contributed by atoms with van der Waals surface area (Å²) in [7, 11) is 0. The molecule has 2 heterocycles. The molecule has 0 bridgehead atoms. The number of halogens is 2. The molecule has 2 aromatic carbocycles. The zero-order valence-corrected chi connectivity index (χ0v) is 20.6. The number of rotatable bonds is 8. The van der Waals surface area contributed by atoms with Gasteiger partial charge in [0.2, 0.25) is 0 Å². The molecule has 4 rings (SSSR count). The summed E-state index contributed by atoms with van der Waals surface area (Å²) in [6.45, 7) is 4.01. The van der Waals surface area contributed by atoms with Gasteiger partial charge in [-0.15, -0.1) is 0 Å². The van der Waals surface area contributed by atoms with Crippen LogP contribution >= 0.6 is 11.6 Å². The van der Waals surface area contributed by atoms with Crippen molar-refractivity contribution in [2.45, 2.75) is 44.6 Å². The summed E-state index contributed by atoms with van der Waals surface area (Å²) < 4.78 is 31.5. The van der Waals surface area contributed by atoms with E-state index >= 15 is 0 Å². The van der Waals surface area contributed by atoms with E-state index in [0.29, 0.717) is 11.4 Å². The van der Waals surface area contributed by atoms with Crippen molar-refractivity contribution in [2.75, 3.05) is 19.8 Å². The number of hydrogen-bond acceptors (Lipinski definition) is 7. The number of aliphatic hydroxyl groups is 1. The second kappa shape index (κ2) is 10.9. The van der Waals surface area contributed by atoms with E-state index in [0.717, 1.165) is 11.6 Å². The van der Waals surface area contributed by atoms with Gasteiger partial charge in [0.25, 0.3) is 11.5 Å². The van der Waals surface area contributed by atoms with Gasteiger partial charge in [0.15, 0.2) is 17.4 Å². The van der Waals surface area contributed by atoms with Gasteiger partial charge >= 0.3 is 0 Å². The third-order valence-electron chi connectivity index (χ3n) is 5.78. The second-order valence-corrected chi connectivity index (χ2v) is 9.50. The molecule has 0 spiro atoms. The lowest BCUT2D eigenvalue weighted by atomic mass is 10.0. The first-order valence-electron chi connectivity index (χ1n) is 11.5. The summed E-state index contributed by atoms with van der Waals surface area (Å²) in [6, 6.07) is 9.43. The zero-order valence-electron chi connectivity index (χ0n) is 19.8. The molecule has 1 saturated heterocycles. The number of nitrogens with one attached hydrogen (secondary N) is 2. The Balaban J connectivity index is 1.42. The number of amides is 1. The third kappa shape index (κ3) is 6.19. The zero-order chi connectivity index (χ0) is 25.9. The van der Waals surface area contributed by atoms with Gasteiger partial charge in [-0.25, -0.2) is 9.37 Å². The molecule has 11 heteroatoms. The molecule has 0 saturated carbocycles. The van der Waals surface area contributed by atoms with E-state index in [2.05, 4.69) is 15.3 Å². The first-order chi connectivity index (χ1) is 17.1. The maximum absolute atomic E-state index is 14.6. The van der Waals surface area contributed by atoms with Crippen molar-refractivity contribution in [3.63, 3.8) is 0 Å². The van der Waals surface area contributed by atoms with Gasteiger partial charge in [0.1, 0.15) is 11.5 Å². The van der Waals surface area contributed by atoms with Gasteiger partial charge in [-0.2, -0.15) is 0 Å². The monoisotopic (exact) mass is 519 g/mol. The van der Waals surface area contributed by atoms with Crippen LogP contribution in [0.2, 0.25) is 5.02 Å². The van der Waals surface area contributed by atoms with Crippen molar-refractivity contribution in [1.29, 1.82) is 0 Å². The topological polar surface area (TPSA) is 123 Å². The quantitative estimate of drug-likeness (QED) is 0.418. The molecule has 192 valence electrons. The molecule has 2 unspecified atom stereocenters. The van der Waals surface area contributed by atoms with Crippen LogP contribution in [0.1, 0.15) is 36.5 Å². The van der Waals surface area contributed by atoms with Crippen LogP contribution in [0, 0.1) is 5.82 Å². The van der Waals surface area contributed by atoms with E-state index < -0.39 is 29.0 Å². The van der Waals surface area contributed by atoms with Gasteiger partial charge in [0.05, 0.1) is 37.0 Å². The van der Waals surface area contributed by atoms with E-state index in [4.69, 9.17) is 25.8 Å². The van der Waals surface area contributed by atoms with Crippen molar-refractivity contribution in [3.05, 3.63) is 69.0 Å². The van der Waals surface area contributed by atoms with E-state index in [1.165, 1.54) is 6.07 Å². The maximum Gasteiger partial charge on any atom is 0.287 e. The minimum absolute atomic E-state index is 0.0541. The Hall–Kier alpha value is -3.05. The molecular weight excluding hydrogens is 493 g/mol. The molecule has 1 amide bonds. The number of ether oxygens (including phenoxy) is 3. The Morgan fingerprint density at radius 2 is 2.11 bits per heavy atom. The average Bonchev–Trinajstić information content (AvgIpc) is 2.83. The molecule has 1 fully saturated rings. The Morgan fingerprint density at radius 1 is 1.31 bits per heavy atom. The lowest BCUT2D eigenvalue weighted by molar-refractivity contribution is -0.191. The van der Waals surface area contributed by atoms with Gasteiger partial charge < -0.3 is 29.6 Å². The Kier molecular flexibility index (Phi) is 7.89. The Morgan fingerprint density at radius 3 is 2.81 bits per heavy atom. The lowest BCUT2D eigenvalue weighted by Gasteiger charge is -2.35. The summed E-state index contributed by atoms with van der Waals surface area (Å²) in [4.78, 5) is 31.9. The summed E-state index contributed by atoms with van der Waals surface area (Å²) in [5.41, 5.74) is -0.826. The molecule has 36 heavy (non-hydrogen) atoms. The van der Waals surface area contributed by atoms with Crippen LogP contribution in [0.3, 0.4) is 0 Å².